The lowest BCUT2D eigenvalue weighted by atomic mass is 10.5. The second-order valence-corrected chi connectivity index (χ2v) is 6.21. The lowest BCUT2D eigenvalue weighted by Crippen LogP contribution is -2.67. The number of rotatable bonds is 8. The van der Waals surface area contributed by atoms with E-state index in [9.17, 15) is 0 Å². The van der Waals surface area contributed by atoms with Gasteiger partial charge in [-0.15, -0.1) is 0 Å². The second kappa shape index (κ2) is 6.54. The lowest BCUT2D eigenvalue weighted by molar-refractivity contribution is -0.0152. The minimum Gasteiger partial charge on any atom is -0.377 e. The fourth-order valence-electron chi connectivity index (χ4n) is 1.19. The number of hydrogen-bond acceptors (Lipinski definition) is 6. The normalized spacial score (nSPS) is 16.4. The standard InChI is InChI=1S/C8H23N3O3Si/c1-4-6-13-15(12-3,7-5-2)14-8(9,10)11/h4-7,9-11H2,1-3H3. The van der Waals surface area contributed by atoms with E-state index in [2.05, 4.69) is 0 Å². The zero-order valence-corrected chi connectivity index (χ0v) is 10.8. The van der Waals surface area contributed by atoms with E-state index >= 15 is 0 Å². The summed E-state index contributed by atoms with van der Waals surface area (Å²) in [6, 6.07) is 0.650. The molecule has 0 rings (SSSR count). The third-order valence-corrected chi connectivity index (χ3v) is 4.77. The first-order valence-electron chi connectivity index (χ1n) is 5.15. The Morgan fingerprint density at radius 3 is 2.07 bits per heavy atom. The van der Waals surface area contributed by atoms with Gasteiger partial charge in [0.1, 0.15) is 0 Å². The number of hydrogen-bond donors (Lipinski definition) is 3. The summed E-state index contributed by atoms with van der Waals surface area (Å²) in [6.07, 6.45) is 1.73. The van der Waals surface area contributed by atoms with Gasteiger partial charge in [0.15, 0.2) is 0 Å². The van der Waals surface area contributed by atoms with Crippen LogP contribution in [0.4, 0.5) is 0 Å². The molecule has 0 fully saturated rings. The molecule has 0 aliphatic heterocycles. The molecule has 0 aliphatic carbocycles. The summed E-state index contributed by atoms with van der Waals surface area (Å²) >= 11 is 0. The molecule has 92 valence electrons. The Hall–Kier alpha value is -0.0231. The molecule has 0 amide bonds. The van der Waals surface area contributed by atoms with Crippen molar-refractivity contribution in [1.82, 2.24) is 0 Å². The fourth-order valence-corrected chi connectivity index (χ4v) is 3.57. The average Bonchev–Trinajstić information content (AvgIpc) is 2.12. The van der Waals surface area contributed by atoms with Crippen molar-refractivity contribution in [2.24, 2.45) is 17.2 Å². The predicted octanol–water partition coefficient (Wildman–Crippen LogP) is -0.0877. The molecule has 0 aliphatic rings. The van der Waals surface area contributed by atoms with Gasteiger partial charge < -0.3 is 13.3 Å². The molecule has 15 heavy (non-hydrogen) atoms. The van der Waals surface area contributed by atoms with Gasteiger partial charge in [0, 0.05) is 19.8 Å². The zero-order valence-electron chi connectivity index (χ0n) is 9.79. The van der Waals surface area contributed by atoms with Crippen molar-refractivity contribution in [1.29, 1.82) is 0 Å². The van der Waals surface area contributed by atoms with Gasteiger partial charge in [0.05, 0.1) is 0 Å². The molecule has 0 saturated heterocycles. The van der Waals surface area contributed by atoms with Crippen LogP contribution in [0.2, 0.25) is 6.04 Å². The summed E-state index contributed by atoms with van der Waals surface area (Å²) in [4.78, 5) is 0. The first-order chi connectivity index (χ1) is 6.89. The van der Waals surface area contributed by atoms with Crippen LogP contribution in [0.3, 0.4) is 0 Å². The minimum atomic E-state index is -2.80. The Kier molecular flexibility index (Phi) is 6.53. The van der Waals surface area contributed by atoms with Crippen LogP contribution in [0.25, 0.3) is 0 Å². The molecule has 0 saturated carbocycles. The third-order valence-electron chi connectivity index (χ3n) is 1.73. The van der Waals surface area contributed by atoms with Crippen LogP contribution >= 0.6 is 0 Å². The Balaban J connectivity index is 4.49. The van der Waals surface area contributed by atoms with Crippen LogP contribution in [0, 0.1) is 0 Å². The highest BCUT2D eigenvalue weighted by Gasteiger charge is 2.43. The monoisotopic (exact) mass is 237 g/mol. The van der Waals surface area contributed by atoms with Crippen LogP contribution < -0.4 is 17.2 Å². The average molecular weight is 237 g/mol. The highest BCUT2D eigenvalue weighted by molar-refractivity contribution is 6.60. The SMILES string of the molecule is CCCO[Si](CCC)(OC)OC(N)(N)N. The fraction of sp³-hybridized carbons (Fsp3) is 1.00. The molecule has 7 heteroatoms. The van der Waals surface area contributed by atoms with Crippen molar-refractivity contribution in [3.63, 3.8) is 0 Å². The minimum absolute atomic E-state index is 0.552. The molecule has 0 heterocycles. The molecule has 0 aromatic rings. The second-order valence-electron chi connectivity index (χ2n) is 3.44. The molecule has 0 bridgehead atoms. The molecule has 0 aromatic heterocycles. The Labute approximate surface area is 92.4 Å². The van der Waals surface area contributed by atoms with E-state index < -0.39 is 14.8 Å². The summed E-state index contributed by atoms with van der Waals surface area (Å²) in [6.45, 7) is 4.56. The highest BCUT2D eigenvalue weighted by Crippen LogP contribution is 2.18. The van der Waals surface area contributed by atoms with Crippen molar-refractivity contribution in [3.05, 3.63) is 0 Å². The summed E-state index contributed by atoms with van der Waals surface area (Å²) in [5, 5.41) is 0. The maximum absolute atomic E-state index is 5.60. The Morgan fingerprint density at radius 1 is 1.13 bits per heavy atom. The smallest absolute Gasteiger partial charge is 0.377 e. The molecule has 0 aromatic carbocycles. The van der Waals surface area contributed by atoms with Gasteiger partial charge in [-0.05, 0) is 6.42 Å². The van der Waals surface area contributed by atoms with Gasteiger partial charge in [-0.1, -0.05) is 20.3 Å². The van der Waals surface area contributed by atoms with Gasteiger partial charge >= 0.3 is 8.80 Å². The summed E-state index contributed by atoms with van der Waals surface area (Å²) in [5.74, 6) is -1.70. The predicted molar refractivity (Wildman–Crippen MR) is 60.5 cm³/mol. The summed E-state index contributed by atoms with van der Waals surface area (Å²) < 4.78 is 16.3. The van der Waals surface area contributed by atoms with Crippen molar-refractivity contribution in [2.45, 2.75) is 38.7 Å². The van der Waals surface area contributed by atoms with E-state index in [4.69, 9.17) is 30.5 Å². The van der Waals surface area contributed by atoms with E-state index in [0.29, 0.717) is 12.7 Å². The maximum atomic E-state index is 5.60. The first-order valence-corrected chi connectivity index (χ1v) is 7.08. The maximum Gasteiger partial charge on any atom is 0.504 e. The number of nitrogens with two attached hydrogens (primary N) is 3. The topological polar surface area (TPSA) is 106 Å². The van der Waals surface area contributed by atoms with Gasteiger partial charge in [0.25, 0.3) is 0 Å². The van der Waals surface area contributed by atoms with Crippen molar-refractivity contribution >= 4 is 8.80 Å². The molecular formula is C8H23N3O3Si. The van der Waals surface area contributed by atoms with Gasteiger partial charge in [0.2, 0.25) is 5.97 Å². The molecular weight excluding hydrogens is 214 g/mol. The van der Waals surface area contributed by atoms with Crippen molar-refractivity contribution in [3.8, 4) is 0 Å². The summed E-state index contributed by atoms with van der Waals surface area (Å²) in [5.41, 5.74) is 16.2. The molecule has 0 radical (unpaired) electrons. The van der Waals surface area contributed by atoms with Crippen LogP contribution in [0.1, 0.15) is 26.7 Å². The van der Waals surface area contributed by atoms with Crippen LogP contribution in [-0.4, -0.2) is 28.5 Å². The van der Waals surface area contributed by atoms with Gasteiger partial charge in [-0.25, -0.2) is 0 Å². The van der Waals surface area contributed by atoms with Crippen LogP contribution in [0.5, 0.6) is 0 Å². The Morgan fingerprint density at radius 2 is 1.73 bits per heavy atom. The van der Waals surface area contributed by atoms with Gasteiger partial charge in [-0.3, -0.25) is 17.2 Å². The Bertz CT molecular complexity index is 177. The van der Waals surface area contributed by atoms with E-state index in [0.717, 1.165) is 12.8 Å². The molecule has 1 atom stereocenters. The van der Waals surface area contributed by atoms with E-state index in [-0.39, 0.29) is 0 Å². The summed E-state index contributed by atoms with van der Waals surface area (Å²) in [7, 11) is -1.27. The quantitative estimate of drug-likeness (QED) is 0.402. The zero-order chi connectivity index (χ0) is 11.9. The van der Waals surface area contributed by atoms with E-state index in [1.807, 2.05) is 13.8 Å². The van der Waals surface area contributed by atoms with Crippen LogP contribution in [0.15, 0.2) is 0 Å². The molecule has 1 unspecified atom stereocenters. The highest BCUT2D eigenvalue weighted by atomic mass is 28.4. The van der Waals surface area contributed by atoms with Crippen molar-refractivity contribution < 1.29 is 13.3 Å². The van der Waals surface area contributed by atoms with Crippen LogP contribution in [-0.2, 0) is 13.3 Å². The largest absolute Gasteiger partial charge is 0.504 e. The molecule has 0 spiro atoms. The van der Waals surface area contributed by atoms with Gasteiger partial charge in [-0.2, -0.15) is 0 Å². The molecule has 6 N–H and O–H groups in total. The lowest BCUT2D eigenvalue weighted by Gasteiger charge is -2.33. The van der Waals surface area contributed by atoms with E-state index in [1.54, 1.807) is 0 Å². The molecule has 6 nitrogen and oxygen atoms in total. The van der Waals surface area contributed by atoms with E-state index in [1.165, 1.54) is 7.11 Å². The third kappa shape index (κ3) is 6.20. The van der Waals surface area contributed by atoms with Crippen molar-refractivity contribution in [2.75, 3.05) is 13.7 Å². The first kappa shape index (κ1) is 15.0.